The Morgan fingerprint density at radius 3 is 2.73 bits per heavy atom. The van der Waals surface area contributed by atoms with Gasteiger partial charge >= 0.3 is 13.5 Å². The predicted octanol–water partition coefficient (Wildman–Crippen LogP) is -1.21. The fourth-order valence-electron chi connectivity index (χ4n) is 4.72. The Morgan fingerprint density at radius 2 is 2.05 bits per heavy atom. The lowest BCUT2D eigenvalue weighted by Crippen LogP contribution is -2.29. The highest BCUT2D eigenvalue weighted by atomic mass is 31.2. The van der Waals surface area contributed by atoms with Crippen LogP contribution in [-0.4, -0.2) is 89.6 Å². The van der Waals surface area contributed by atoms with Gasteiger partial charge in [-0.1, -0.05) is 6.92 Å². The summed E-state index contributed by atoms with van der Waals surface area (Å²) in [6.07, 6.45) is -2.71. The first-order valence-corrected chi connectivity index (χ1v) is 14.2. The quantitative estimate of drug-likeness (QED) is 0.130. The van der Waals surface area contributed by atoms with Crippen molar-refractivity contribution >= 4 is 31.6 Å². The summed E-state index contributed by atoms with van der Waals surface area (Å²) in [6, 6.07) is 0. The van der Waals surface area contributed by atoms with Crippen molar-refractivity contribution in [2.24, 2.45) is 10.9 Å². The Bertz CT molecular complexity index is 1420. The Hall–Kier alpha value is -3.09. The second-order valence-electron chi connectivity index (χ2n) is 9.69. The van der Waals surface area contributed by atoms with E-state index in [2.05, 4.69) is 24.9 Å². The highest BCUT2D eigenvalue weighted by Gasteiger charge is 2.43. The minimum absolute atomic E-state index is 0.0547. The van der Waals surface area contributed by atoms with E-state index in [0.717, 1.165) is 10.9 Å². The zero-order valence-electron chi connectivity index (χ0n) is 22.3. The van der Waals surface area contributed by atoms with Crippen molar-refractivity contribution in [3.63, 3.8) is 0 Å². The molecule has 2 aromatic heterocycles. The number of aromatic nitrogens is 5. The number of nitrogen functional groups attached to an aromatic ring is 2. The fourth-order valence-corrected chi connectivity index (χ4v) is 5.68. The van der Waals surface area contributed by atoms with Crippen LogP contribution in [0.1, 0.15) is 38.6 Å². The van der Waals surface area contributed by atoms with Gasteiger partial charge in [0.2, 0.25) is 11.9 Å². The number of H-pyrrole nitrogens is 1. The molecular weight excluding hydrogens is 567 g/mol. The molecule has 0 aromatic carbocycles. The van der Waals surface area contributed by atoms with Crippen molar-refractivity contribution < 1.29 is 38.2 Å². The van der Waals surface area contributed by atoms with Gasteiger partial charge in [0, 0.05) is 19.1 Å². The summed E-state index contributed by atoms with van der Waals surface area (Å²) in [5.41, 5.74) is 10.3. The first-order valence-electron chi connectivity index (χ1n) is 12.7. The molecule has 2 fully saturated rings. The molecule has 0 radical (unpaired) electrons. The Balaban J connectivity index is 1.34. The number of anilines is 2. The lowest BCUT2D eigenvalue weighted by molar-refractivity contribution is -0.0539. The zero-order chi connectivity index (χ0) is 29.9. The van der Waals surface area contributed by atoms with E-state index < -0.39 is 69.0 Å². The highest BCUT2D eigenvalue weighted by molar-refractivity contribution is 7.47. The molecule has 2 saturated heterocycles. The van der Waals surface area contributed by atoms with Crippen LogP contribution in [0.3, 0.4) is 0 Å². The average Bonchev–Trinajstić information content (AvgIpc) is 3.47. The van der Waals surface area contributed by atoms with Gasteiger partial charge < -0.3 is 36.0 Å². The monoisotopic (exact) mass is 600 g/mol. The molecule has 8 atom stereocenters. The lowest BCUT2D eigenvalue weighted by atomic mass is 9.95. The summed E-state index contributed by atoms with van der Waals surface area (Å²) >= 11 is 0. The number of hydrogen-bond acceptors (Lipinski definition) is 15. The number of aliphatic hydroxyl groups excluding tert-OH is 2. The molecule has 4 heterocycles. The minimum Gasteiger partial charge on any atom is -0.394 e. The molecule has 0 amide bonds. The first kappa shape index (κ1) is 30.9. The lowest BCUT2D eigenvalue weighted by Gasteiger charge is -2.22. The van der Waals surface area contributed by atoms with E-state index >= 15 is 0 Å². The number of aromatic amines is 1. The Morgan fingerprint density at radius 1 is 1.29 bits per heavy atom. The van der Waals surface area contributed by atoms with E-state index in [1.54, 1.807) is 6.92 Å². The van der Waals surface area contributed by atoms with Gasteiger partial charge in [-0.15, -0.1) is 0 Å². The first-order chi connectivity index (χ1) is 19.4. The normalized spacial score (nSPS) is 28.7. The number of rotatable bonds is 11. The molecule has 2 aromatic rings. The second kappa shape index (κ2) is 12.8. The number of hydrogen-bond donors (Lipinski definition) is 6. The maximum atomic E-state index is 12.7. The van der Waals surface area contributed by atoms with Crippen molar-refractivity contribution in [1.29, 1.82) is 0 Å². The summed E-state index contributed by atoms with van der Waals surface area (Å²) < 4.78 is 35.6. The zero-order valence-corrected chi connectivity index (χ0v) is 23.2. The van der Waals surface area contributed by atoms with Crippen LogP contribution in [0.4, 0.5) is 17.6 Å². The molecule has 0 aliphatic carbocycles. The van der Waals surface area contributed by atoms with E-state index in [0.29, 0.717) is 5.69 Å². The third kappa shape index (κ3) is 7.41. The highest BCUT2D eigenvalue weighted by Crippen LogP contribution is 2.48. The van der Waals surface area contributed by atoms with Crippen molar-refractivity contribution in [3.05, 3.63) is 32.9 Å². The predicted molar refractivity (Wildman–Crippen MR) is 142 cm³/mol. The van der Waals surface area contributed by atoms with Gasteiger partial charge in [0.05, 0.1) is 31.1 Å². The van der Waals surface area contributed by atoms with Gasteiger partial charge in [0.25, 0.3) is 5.56 Å². The molecule has 0 spiro atoms. The Labute approximate surface area is 233 Å². The van der Waals surface area contributed by atoms with Crippen LogP contribution in [0.25, 0.3) is 0 Å². The number of nitrogens with one attached hydrogen (secondary N) is 1. The van der Waals surface area contributed by atoms with Crippen LogP contribution in [0.2, 0.25) is 0 Å². The van der Waals surface area contributed by atoms with Crippen molar-refractivity contribution in [2.75, 3.05) is 24.7 Å². The molecule has 8 N–H and O–H groups in total. The summed E-state index contributed by atoms with van der Waals surface area (Å²) in [5.74, 6) is -0.533. The minimum atomic E-state index is -4.73. The fraction of sp³-hybridized carbons (Fsp3) is 0.636. The van der Waals surface area contributed by atoms with Crippen molar-refractivity contribution in [3.8, 4) is 0 Å². The van der Waals surface area contributed by atoms with Gasteiger partial charge in [-0.25, -0.2) is 19.3 Å². The summed E-state index contributed by atoms with van der Waals surface area (Å²) in [4.78, 5) is 52.6. The molecular formula is C22H33N8O10P. The van der Waals surface area contributed by atoms with Gasteiger partial charge in [-0.05, 0) is 19.3 Å². The number of phosphoric ester groups is 1. The van der Waals surface area contributed by atoms with Crippen LogP contribution in [0.5, 0.6) is 0 Å². The van der Waals surface area contributed by atoms with Crippen LogP contribution in [0.15, 0.2) is 20.9 Å². The molecule has 19 heteroatoms. The van der Waals surface area contributed by atoms with Gasteiger partial charge in [0.15, 0.2) is 0 Å². The van der Waals surface area contributed by atoms with E-state index in [1.807, 2.05) is 6.92 Å². The second-order valence-corrected chi connectivity index (χ2v) is 11.1. The van der Waals surface area contributed by atoms with Gasteiger partial charge in [-0.3, -0.25) is 28.4 Å². The molecule has 0 bridgehead atoms. The van der Waals surface area contributed by atoms with Crippen LogP contribution < -0.4 is 22.7 Å². The standard InChI is InChI=1S/C22H33N8O10P/c1-3-25-18-11(27-21(24)28-19(18)33)4-10(2)13-5-12(32)16(38-13)8-37-41(35,36)40-14-6-17(39-15(14)7-31)30-9-26-20(23)29-22(30)34/h3,9-10,12-17,31-32H,4-8H2,1-2H3,(H,35,36)(H2,23,29,34)(H3,24,27,28,33)/t10-,12?,13+,14?,15+,16+,17+/m0/s1. The van der Waals surface area contributed by atoms with E-state index in [1.165, 1.54) is 6.21 Å². The van der Waals surface area contributed by atoms with Gasteiger partial charge in [-0.2, -0.15) is 4.98 Å². The Kier molecular flexibility index (Phi) is 9.66. The molecule has 2 aliphatic rings. The summed E-state index contributed by atoms with van der Waals surface area (Å²) in [6.45, 7) is 2.44. The van der Waals surface area contributed by atoms with Crippen LogP contribution in [0, 0.1) is 5.92 Å². The van der Waals surface area contributed by atoms with Crippen molar-refractivity contribution in [1.82, 2.24) is 24.5 Å². The number of ether oxygens (including phenoxy) is 2. The smallest absolute Gasteiger partial charge is 0.394 e. The molecule has 18 nitrogen and oxygen atoms in total. The third-order valence-electron chi connectivity index (χ3n) is 6.73. The largest absolute Gasteiger partial charge is 0.472 e. The number of nitrogens with two attached hydrogens (primary N) is 2. The van der Waals surface area contributed by atoms with E-state index in [-0.39, 0.29) is 42.8 Å². The molecule has 226 valence electrons. The summed E-state index contributed by atoms with van der Waals surface area (Å²) in [5, 5.41) is 20.2. The topological polar surface area (TPSA) is 273 Å². The molecule has 41 heavy (non-hydrogen) atoms. The number of nitrogens with zero attached hydrogens (tertiary/aromatic N) is 5. The number of phosphoric acid groups is 1. The van der Waals surface area contributed by atoms with Crippen LogP contribution >= 0.6 is 7.82 Å². The molecule has 3 unspecified atom stereocenters. The summed E-state index contributed by atoms with van der Waals surface area (Å²) in [7, 11) is -4.73. The molecule has 2 aliphatic heterocycles. The maximum Gasteiger partial charge on any atom is 0.472 e. The SMILES string of the molecule is CC=Nc1c(C[C@H](C)[C@H]2CC(O)[C@@H](COP(=O)(O)OC3C[C@H](n4cnc(N)nc4=O)O[C@@H]3CO)O2)nc(N)[nH]c1=O. The maximum absolute atomic E-state index is 12.7. The van der Waals surface area contributed by atoms with Crippen LogP contribution in [-0.2, 0) is 29.5 Å². The molecule has 0 saturated carbocycles. The van der Waals surface area contributed by atoms with E-state index in [4.69, 9.17) is 30.0 Å². The van der Waals surface area contributed by atoms with Crippen molar-refractivity contribution in [2.45, 2.75) is 69.9 Å². The van der Waals surface area contributed by atoms with Gasteiger partial charge in [0.1, 0.15) is 36.6 Å². The number of aliphatic imine (C=N–C) groups is 1. The van der Waals surface area contributed by atoms with E-state index in [9.17, 15) is 29.3 Å². The average molecular weight is 601 g/mol. The molecule has 4 rings (SSSR count). The number of aliphatic hydroxyl groups is 2. The third-order valence-corrected chi connectivity index (χ3v) is 7.75.